The van der Waals surface area contributed by atoms with E-state index in [4.69, 9.17) is 27.6 Å². The molecule has 0 radical (unpaired) electrons. The third kappa shape index (κ3) is 2.68. The minimum Gasteiger partial charge on any atom is -0.451 e. The Morgan fingerprint density at radius 3 is 2.62 bits per heavy atom. The summed E-state index contributed by atoms with van der Waals surface area (Å²) >= 11 is 12.0. The molecule has 2 aromatic carbocycles. The summed E-state index contributed by atoms with van der Waals surface area (Å²) in [6.07, 6.45) is 1.52. The predicted octanol–water partition coefficient (Wildman–Crippen LogP) is 5.77. The van der Waals surface area contributed by atoms with Crippen molar-refractivity contribution in [2.45, 2.75) is 0 Å². The lowest BCUT2D eigenvalue weighted by molar-refractivity contribution is 0.0938. The molecule has 4 aromatic rings. The van der Waals surface area contributed by atoms with Gasteiger partial charge in [0, 0.05) is 17.1 Å². The number of carbonyl (C=O) groups excluding carboxylic acids is 1. The van der Waals surface area contributed by atoms with Crippen LogP contribution in [0.25, 0.3) is 22.2 Å². The Kier molecular flexibility index (Phi) is 4.04. The van der Waals surface area contributed by atoms with E-state index in [1.165, 1.54) is 10.8 Å². The third-order valence-electron chi connectivity index (χ3n) is 4.07. The summed E-state index contributed by atoms with van der Waals surface area (Å²) in [5.74, 6) is 0.314. The van der Waals surface area contributed by atoms with E-state index in [1.807, 2.05) is 12.1 Å². The van der Waals surface area contributed by atoms with Crippen molar-refractivity contribution in [3.8, 4) is 17.4 Å². The van der Waals surface area contributed by atoms with Crippen LogP contribution in [0.1, 0.15) is 16.1 Å². The number of aromatic nitrogens is 1. The molecule has 0 aliphatic heterocycles. The maximum Gasteiger partial charge on any atom is 0.298 e. The fourth-order valence-corrected chi connectivity index (χ4v) is 3.11. The molecule has 0 fully saturated rings. The topological polar surface area (TPSA) is 58.9 Å². The highest BCUT2D eigenvalue weighted by Crippen LogP contribution is 2.30. The van der Waals surface area contributed by atoms with Crippen LogP contribution in [0, 0.1) is 11.3 Å². The van der Waals surface area contributed by atoms with E-state index in [2.05, 4.69) is 6.07 Å². The van der Waals surface area contributed by atoms with Gasteiger partial charge >= 0.3 is 0 Å². The van der Waals surface area contributed by atoms with E-state index in [0.717, 1.165) is 5.39 Å². The van der Waals surface area contributed by atoms with Gasteiger partial charge in [0.1, 0.15) is 11.8 Å². The average Bonchev–Trinajstić information content (AvgIpc) is 3.28. The summed E-state index contributed by atoms with van der Waals surface area (Å²) in [6, 6.07) is 17.8. The smallest absolute Gasteiger partial charge is 0.298 e. The van der Waals surface area contributed by atoms with Crippen LogP contribution in [0.3, 0.4) is 0 Å². The van der Waals surface area contributed by atoms with Gasteiger partial charge in [0.05, 0.1) is 21.1 Å². The maximum atomic E-state index is 12.9. The van der Waals surface area contributed by atoms with Crippen LogP contribution >= 0.6 is 23.2 Å². The number of hydrogen-bond donors (Lipinski definition) is 0. The van der Waals surface area contributed by atoms with E-state index in [0.29, 0.717) is 32.4 Å². The monoisotopic (exact) mass is 380 g/mol. The second-order valence-corrected chi connectivity index (χ2v) is 6.45. The van der Waals surface area contributed by atoms with Crippen molar-refractivity contribution in [3.63, 3.8) is 0 Å². The molecule has 0 N–H and O–H groups in total. The van der Waals surface area contributed by atoms with Crippen molar-refractivity contribution in [1.82, 2.24) is 4.57 Å². The van der Waals surface area contributed by atoms with Crippen LogP contribution in [-0.4, -0.2) is 10.5 Å². The fraction of sp³-hybridized carbons (Fsp3) is 0. The molecule has 0 saturated heterocycles. The fourth-order valence-electron chi connectivity index (χ4n) is 2.81. The lowest BCUT2D eigenvalue weighted by atomic mass is 10.2. The molecular weight excluding hydrogens is 371 g/mol. The molecule has 0 bridgehead atoms. The molecular formula is C20H10Cl2N2O2. The zero-order valence-corrected chi connectivity index (χ0v) is 14.8. The van der Waals surface area contributed by atoms with Gasteiger partial charge in [-0.05, 0) is 36.4 Å². The number of furan rings is 1. The van der Waals surface area contributed by atoms with Crippen molar-refractivity contribution in [1.29, 1.82) is 5.26 Å². The molecule has 2 aromatic heterocycles. The highest BCUT2D eigenvalue weighted by molar-refractivity contribution is 6.42. The Labute approximate surface area is 158 Å². The molecule has 0 aliphatic carbocycles. The summed E-state index contributed by atoms with van der Waals surface area (Å²) in [5.41, 5.74) is 1.81. The highest BCUT2D eigenvalue weighted by Gasteiger charge is 2.18. The van der Waals surface area contributed by atoms with Gasteiger partial charge in [0.15, 0.2) is 5.76 Å². The highest BCUT2D eigenvalue weighted by atomic mass is 35.5. The Balaban J connectivity index is 1.76. The molecule has 0 aliphatic rings. The first-order chi connectivity index (χ1) is 12.6. The van der Waals surface area contributed by atoms with Crippen LogP contribution in [0.4, 0.5) is 0 Å². The number of nitriles is 1. The molecule has 4 nitrogen and oxygen atoms in total. The zero-order chi connectivity index (χ0) is 18.3. The van der Waals surface area contributed by atoms with Gasteiger partial charge in [0.25, 0.3) is 5.91 Å². The molecule has 2 heterocycles. The lowest BCUT2D eigenvalue weighted by Crippen LogP contribution is -2.09. The van der Waals surface area contributed by atoms with Gasteiger partial charge in [-0.2, -0.15) is 5.26 Å². The summed E-state index contributed by atoms with van der Waals surface area (Å²) in [5, 5.41) is 10.9. The van der Waals surface area contributed by atoms with Gasteiger partial charge in [-0.15, -0.1) is 0 Å². The number of benzene rings is 2. The van der Waals surface area contributed by atoms with Gasteiger partial charge in [-0.1, -0.05) is 41.4 Å². The molecule has 0 spiro atoms. The zero-order valence-electron chi connectivity index (χ0n) is 13.2. The van der Waals surface area contributed by atoms with Crippen molar-refractivity contribution in [2.24, 2.45) is 0 Å². The predicted molar refractivity (Wildman–Crippen MR) is 101 cm³/mol. The molecule has 0 amide bonds. The van der Waals surface area contributed by atoms with Gasteiger partial charge in [0.2, 0.25) is 0 Å². The van der Waals surface area contributed by atoms with Crippen LogP contribution < -0.4 is 0 Å². The maximum absolute atomic E-state index is 12.9. The standard InChI is InChI=1S/C20H10Cl2N2O2/c21-15-6-5-12(9-16(15)22)18-7-8-19(26-18)20(25)24-11-13(10-23)14-3-1-2-4-17(14)24/h1-9,11H. The van der Waals surface area contributed by atoms with Gasteiger partial charge in [-0.25, -0.2) is 0 Å². The number of fused-ring (bicyclic) bond motifs is 1. The first kappa shape index (κ1) is 16.5. The van der Waals surface area contributed by atoms with Crippen LogP contribution in [0.15, 0.2) is 65.2 Å². The first-order valence-corrected chi connectivity index (χ1v) is 8.44. The van der Waals surface area contributed by atoms with Crippen molar-refractivity contribution >= 4 is 40.0 Å². The second kappa shape index (κ2) is 6.38. The SMILES string of the molecule is N#Cc1cn(C(=O)c2ccc(-c3ccc(Cl)c(Cl)c3)o2)c2ccccc12. The van der Waals surface area contributed by atoms with E-state index >= 15 is 0 Å². The normalized spacial score (nSPS) is 10.8. The van der Waals surface area contributed by atoms with Gasteiger partial charge < -0.3 is 4.42 Å². The second-order valence-electron chi connectivity index (χ2n) is 5.64. The third-order valence-corrected chi connectivity index (χ3v) is 4.81. The lowest BCUT2D eigenvalue weighted by Gasteiger charge is -2.02. The van der Waals surface area contributed by atoms with Crippen molar-refractivity contribution in [3.05, 3.63) is 82.2 Å². The summed E-state index contributed by atoms with van der Waals surface area (Å²) in [7, 11) is 0. The van der Waals surface area contributed by atoms with E-state index in [-0.39, 0.29) is 11.7 Å². The Bertz CT molecular complexity index is 1200. The summed E-state index contributed by atoms with van der Waals surface area (Å²) < 4.78 is 7.14. The molecule has 0 saturated carbocycles. The van der Waals surface area contributed by atoms with Gasteiger partial charge in [-0.3, -0.25) is 9.36 Å². The molecule has 0 atom stereocenters. The summed E-state index contributed by atoms with van der Waals surface area (Å²) in [4.78, 5) is 12.9. The number of hydrogen-bond acceptors (Lipinski definition) is 3. The number of rotatable bonds is 2. The average molecular weight is 381 g/mol. The Morgan fingerprint density at radius 2 is 1.85 bits per heavy atom. The number of nitrogens with zero attached hydrogens (tertiary/aromatic N) is 2. The number of halogens is 2. The van der Waals surface area contributed by atoms with Crippen LogP contribution in [-0.2, 0) is 0 Å². The molecule has 0 unspecified atom stereocenters. The van der Waals surface area contributed by atoms with E-state index in [1.54, 1.807) is 42.5 Å². The summed E-state index contributed by atoms with van der Waals surface area (Å²) in [6.45, 7) is 0. The molecule has 4 rings (SSSR count). The quantitative estimate of drug-likeness (QED) is 0.443. The van der Waals surface area contributed by atoms with E-state index < -0.39 is 0 Å². The Morgan fingerprint density at radius 1 is 1.04 bits per heavy atom. The minimum absolute atomic E-state index is 0.163. The Hall–Kier alpha value is -3.00. The van der Waals surface area contributed by atoms with Crippen LogP contribution in [0.5, 0.6) is 0 Å². The van der Waals surface area contributed by atoms with E-state index in [9.17, 15) is 10.1 Å². The number of carbonyl (C=O) groups is 1. The molecule has 26 heavy (non-hydrogen) atoms. The minimum atomic E-state index is -0.353. The molecule has 6 heteroatoms. The first-order valence-electron chi connectivity index (χ1n) is 7.68. The van der Waals surface area contributed by atoms with Crippen molar-refractivity contribution in [2.75, 3.05) is 0 Å². The van der Waals surface area contributed by atoms with Crippen molar-refractivity contribution < 1.29 is 9.21 Å². The number of para-hydroxylation sites is 1. The van der Waals surface area contributed by atoms with Crippen LogP contribution in [0.2, 0.25) is 10.0 Å². The molecule has 126 valence electrons. The largest absolute Gasteiger partial charge is 0.451 e.